The number of nitrogens with one attached hydrogen (secondary N) is 1. The molecule has 0 aliphatic heterocycles. The number of amides is 2. The maximum Gasteiger partial charge on any atom is 0.410 e. The summed E-state index contributed by atoms with van der Waals surface area (Å²) in [5.74, 6) is -0.384. The second-order valence-corrected chi connectivity index (χ2v) is 14.0. The molecule has 0 saturated heterocycles. The van der Waals surface area contributed by atoms with Crippen LogP contribution in [-0.4, -0.2) is 55.4 Å². The zero-order valence-corrected chi connectivity index (χ0v) is 26.6. The van der Waals surface area contributed by atoms with E-state index >= 15 is 0 Å². The molecular weight excluding hydrogens is 566 g/mol. The highest BCUT2D eigenvalue weighted by atomic mass is 32.2. The van der Waals surface area contributed by atoms with E-state index in [9.17, 15) is 23.1 Å². The molecule has 0 aromatic heterocycles. The Labute approximate surface area is 255 Å². The molecule has 2 amide bonds. The van der Waals surface area contributed by atoms with E-state index in [1.54, 1.807) is 57.2 Å². The van der Waals surface area contributed by atoms with Crippen molar-refractivity contribution in [2.45, 2.75) is 59.2 Å². The van der Waals surface area contributed by atoms with Crippen LogP contribution in [-0.2, 0) is 27.6 Å². The monoisotopic (exact) mass is 609 g/mol. The molecule has 3 aromatic carbocycles. The van der Waals surface area contributed by atoms with Crippen molar-refractivity contribution in [3.05, 3.63) is 89.0 Å². The number of aliphatic hydroxyl groups is 1. The van der Waals surface area contributed by atoms with Crippen molar-refractivity contribution in [1.29, 1.82) is 0 Å². The van der Waals surface area contributed by atoms with Crippen LogP contribution < -0.4 is 10.5 Å². The first-order valence-electron chi connectivity index (χ1n) is 14.3. The number of anilines is 1. The van der Waals surface area contributed by atoms with Gasteiger partial charge in [0.1, 0.15) is 5.60 Å². The molecule has 0 spiro atoms. The molecule has 10 heteroatoms. The van der Waals surface area contributed by atoms with Crippen LogP contribution in [0.3, 0.4) is 0 Å². The second kappa shape index (κ2) is 14.1. The van der Waals surface area contributed by atoms with Gasteiger partial charge in [-0.3, -0.25) is 4.79 Å². The van der Waals surface area contributed by atoms with Crippen molar-refractivity contribution < 1.29 is 27.9 Å². The Balaban J connectivity index is 1.77. The largest absolute Gasteiger partial charge is 0.444 e. The number of nitrogens with two attached hydrogens (primary N) is 1. The molecule has 3 aromatic rings. The highest BCUT2D eigenvalue weighted by Gasteiger charge is 2.25. The average molecular weight is 610 g/mol. The summed E-state index contributed by atoms with van der Waals surface area (Å²) in [5, 5.41) is 10.8. The normalized spacial score (nSPS) is 12.6. The van der Waals surface area contributed by atoms with Gasteiger partial charge in [-0.15, -0.1) is 0 Å². The first-order chi connectivity index (χ1) is 20.0. The molecule has 4 N–H and O–H groups in total. The molecule has 0 bridgehead atoms. The molecule has 43 heavy (non-hydrogen) atoms. The maximum atomic E-state index is 13.0. The Hall–Kier alpha value is -3.89. The van der Waals surface area contributed by atoms with E-state index < -0.39 is 33.7 Å². The summed E-state index contributed by atoms with van der Waals surface area (Å²) in [4.78, 5) is 27.1. The lowest BCUT2D eigenvalue weighted by molar-refractivity contribution is 0.0147. The van der Waals surface area contributed by atoms with Gasteiger partial charge in [-0.05, 0) is 85.5 Å². The molecule has 0 unspecified atom stereocenters. The van der Waals surface area contributed by atoms with Crippen LogP contribution >= 0.6 is 0 Å². The Kier molecular flexibility index (Phi) is 11.0. The summed E-state index contributed by atoms with van der Waals surface area (Å²) in [5.41, 5.74) is 10.3. The fourth-order valence-corrected chi connectivity index (χ4v) is 5.02. The van der Waals surface area contributed by atoms with Crippen LogP contribution in [0.5, 0.6) is 0 Å². The van der Waals surface area contributed by atoms with E-state index in [0.717, 1.165) is 28.5 Å². The van der Waals surface area contributed by atoms with Gasteiger partial charge in [-0.1, -0.05) is 62.4 Å². The predicted molar refractivity (Wildman–Crippen MR) is 170 cm³/mol. The summed E-state index contributed by atoms with van der Waals surface area (Å²) in [6, 6.07) is 20.2. The first kappa shape index (κ1) is 33.6. The van der Waals surface area contributed by atoms with E-state index in [1.807, 2.05) is 44.2 Å². The lowest BCUT2D eigenvalue weighted by Crippen LogP contribution is -2.40. The van der Waals surface area contributed by atoms with Crippen molar-refractivity contribution in [3.8, 4) is 11.1 Å². The van der Waals surface area contributed by atoms with Gasteiger partial charge in [0.05, 0.1) is 18.9 Å². The topological polar surface area (TPSA) is 139 Å². The van der Waals surface area contributed by atoms with Crippen LogP contribution in [0.25, 0.3) is 11.1 Å². The highest BCUT2D eigenvalue weighted by Crippen LogP contribution is 2.26. The average Bonchev–Trinajstić information content (AvgIpc) is 2.89. The molecule has 0 saturated carbocycles. The van der Waals surface area contributed by atoms with Crippen molar-refractivity contribution in [1.82, 2.24) is 9.62 Å². The third-order valence-electron chi connectivity index (χ3n) is 6.58. The van der Waals surface area contributed by atoms with Crippen LogP contribution in [0.2, 0.25) is 0 Å². The zero-order valence-electron chi connectivity index (χ0n) is 25.8. The van der Waals surface area contributed by atoms with Gasteiger partial charge in [0.25, 0.3) is 5.91 Å². The van der Waals surface area contributed by atoms with Gasteiger partial charge in [0.2, 0.25) is 10.0 Å². The molecule has 0 heterocycles. The smallest absolute Gasteiger partial charge is 0.410 e. The minimum absolute atomic E-state index is 0.0643. The number of nitrogen functional groups attached to an aromatic ring is 1. The minimum atomic E-state index is -3.68. The highest BCUT2D eigenvalue weighted by molar-refractivity contribution is 7.89. The molecular formula is C33H43N3O6S. The van der Waals surface area contributed by atoms with Crippen molar-refractivity contribution >= 4 is 27.7 Å². The fraction of sp³-hybridized carbons (Fsp3) is 0.394. The minimum Gasteiger partial charge on any atom is -0.444 e. The van der Waals surface area contributed by atoms with Gasteiger partial charge in [-0.25, -0.2) is 17.9 Å². The molecule has 1 atom stereocenters. The van der Waals surface area contributed by atoms with Crippen LogP contribution in [0.15, 0.2) is 66.7 Å². The lowest BCUT2D eigenvalue weighted by atomic mass is 9.93. The number of rotatable bonds is 11. The van der Waals surface area contributed by atoms with E-state index in [-0.39, 0.29) is 12.5 Å². The standard InChI is InChI=1S/C33H43N3O6S/c1-22(2)19-27-20-26(13-16-29(27)31(38)35-43(6,40)41)24-9-7-23(8-10-24)17-18-36(32(39)42-33(3,4)5)21-30(37)25-11-14-28(34)15-12-25/h7-16,20,22,30,37H,17-19,21,34H2,1-6H3,(H,35,38)/t30-/m0/s1. The van der Waals surface area contributed by atoms with E-state index in [4.69, 9.17) is 10.5 Å². The summed E-state index contributed by atoms with van der Waals surface area (Å²) in [6.45, 7) is 9.88. The van der Waals surface area contributed by atoms with Crippen molar-refractivity contribution in [3.63, 3.8) is 0 Å². The number of ether oxygens (including phenoxy) is 1. The van der Waals surface area contributed by atoms with Gasteiger partial charge < -0.3 is 20.5 Å². The quantitative estimate of drug-likeness (QED) is 0.250. The number of sulfonamides is 1. The molecule has 0 fully saturated rings. The van der Waals surface area contributed by atoms with Crippen molar-refractivity contribution in [2.75, 3.05) is 25.1 Å². The molecule has 0 aliphatic carbocycles. The maximum absolute atomic E-state index is 13.0. The molecule has 3 rings (SSSR count). The molecule has 0 radical (unpaired) electrons. The van der Waals surface area contributed by atoms with Crippen LogP contribution in [0.4, 0.5) is 10.5 Å². The van der Waals surface area contributed by atoms with E-state index in [2.05, 4.69) is 4.72 Å². The van der Waals surface area contributed by atoms with Gasteiger partial charge in [-0.2, -0.15) is 0 Å². The number of nitrogens with zero attached hydrogens (tertiary/aromatic N) is 1. The number of hydrogen-bond donors (Lipinski definition) is 3. The van der Waals surface area contributed by atoms with E-state index in [0.29, 0.717) is 36.2 Å². The number of carbonyl (C=O) groups excluding carboxylic acids is 2. The molecule has 0 aliphatic rings. The van der Waals surface area contributed by atoms with Crippen molar-refractivity contribution in [2.24, 2.45) is 5.92 Å². The van der Waals surface area contributed by atoms with Crippen LogP contribution in [0.1, 0.15) is 67.8 Å². The SMILES string of the molecule is CC(C)Cc1cc(-c2ccc(CCN(C[C@H](O)c3ccc(N)cc3)C(=O)OC(C)(C)C)cc2)ccc1C(=O)NS(C)(=O)=O. The Morgan fingerprint density at radius 1 is 0.977 bits per heavy atom. The Bertz CT molecular complexity index is 1510. The van der Waals surface area contributed by atoms with Gasteiger partial charge >= 0.3 is 6.09 Å². The number of carbonyl (C=O) groups is 2. The van der Waals surface area contributed by atoms with Gasteiger partial charge in [0, 0.05) is 17.8 Å². The number of aliphatic hydroxyl groups excluding tert-OH is 1. The number of hydrogen-bond acceptors (Lipinski definition) is 7. The molecule has 9 nitrogen and oxygen atoms in total. The zero-order chi connectivity index (χ0) is 31.9. The number of benzene rings is 3. The predicted octanol–water partition coefficient (Wildman–Crippen LogP) is 5.34. The summed E-state index contributed by atoms with van der Waals surface area (Å²) in [6.07, 6.45) is 0.699. The third kappa shape index (κ3) is 10.7. The Morgan fingerprint density at radius 2 is 1.58 bits per heavy atom. The Morgan fingerprint density at radius 3 is 2.14 bits per heavy atom. The first-order valence-corrected chi connectivity index (χ1v) is 16.2. The summed E-state index contributed by atoms with van der Waals surface area (Å²) < 4.78 is 30.9. The van der Waals surface area contributed by atoms with E-state index in [1.165, 1.54) is 4.90 Å². The van der Waals surface area contributed by atoms with Gasteiger partial charge in [0.15, 0.2) is 0 Å². The van der Waals surface area contributed by atoms with Crippen LogP contribution in [0, 0.1) is 5.92 Å². The molecule has 232 valence electrons. The summed E-state index contributed by atoms with van der Waals surface area (Å²) >= 11 is 0. The third-order valence-corrected chi connectivity index (χ3v) is 7.14. The fourth-order valence-electron chi connectivity index (χ4n) is 4.57. The summed E-state index contributed by atoms with van der Waals surface area (Å²) in [7, 11) is -3.68. The second-order valence-electron chi connectivity index (χ2n) is 12.2. The lowest BCUT2D eigenvalue weighted by Gasteiger charge is -2.29.